The summed E-state index contributed by atoms with van der Waals surface area (Å²) in [7, 11) is 4.75. The fourth-order valence-electron chi connectivity index (χ4n) is 9.50. The fraction of sp³-hybridized carbons (Fsp3) is 0.520. The van der Waals surface area contributed by atoms with Crippen molar-refractivity contribution >= 4 is 40.5 Å². The predicted octanol–water partition coefficient (Wildman–Crippen LogP) is 4.75. The van der Waals surface area contributed by atoms with Gasteiger partial charge in [0.15, 0.2) is 0 Å². The maximum atomic E-state index is 14.7. The van der Waals surface area contributed by atoms with E-state index in [1.54, 1.807) is 39.4 Å². The number of aryl methyl sites for hydroxylation is 1. The largest absolute Gasteiger partial charge is 0.508 e. The van der Waals surface area contributed by atoms with Crippen molar-refractivity contribution in [2.75, 3.05) is 47.4 Å². The van der Waals surface area contributed by atoms with E-state index in [-0.39, 0.29) is 49.8 Å². The molecule has 4 amide bonds. The highest BCUT2D eigenvalue weighted by Gasteiger charge is 2.47. The van der Waals surface area contributed by atoms with E-state index in [1.165, 1.54) is 21.9 Å². The molecule has 3 aliphatic heterocycles. The number of amides is 4. The monoisotopic (exact) mass is 907 g/mol. The number of hydrazine groups is 1. The van der Waals surface area contributed by atoms with Crippen molar-refractivity contribution in [3.05, 3.63) is 71.5 Å². The van der Waals surface area contributed by atoms with Gasteiger partial charge in [-0.1, -0.05) is 39.8 Å². The summed E-state index contributed by atoms with van der Waals surface area (Å²) in [4.78, 5) is 77.1. The lowest BCUT2D eigenvalue weighted by atomic mass is 9.84. The molecule has 7 rings (SSSR count). The van der Waals surface area contributed by atoms with Crippen LogP contribution in [0.4, 0.5) is 0 Å². The first kappa shape index (κ1) is 48.1. The third-order valence-electron chi connectivity index (χ3n) is 13.3. The molecule has 4 N–H and O–H groups in total. The van der Waals surface area contributed by atoms with Gasteiger partial charge in [-0.2, -0.15) is 0 Å². The predicted molar refractivity (Wildman–Crippen MR) is 251 cm³/mol. The van der Waals surface area contributed by atoms with E-state index in [4.69, 9.17) is 14.5 Å². The summed E-state index contributed by atoms with van der Waals surface area (Å²) in [6, 6.07) is 12.4. The smallest absolute Gasteiger partial charge is 0.324 e. The Morgan fingerprint density at radius 3 is 2.48 bits per heavy atom. The highest BCUT2D eigenvalue weighted by Crippen LogP contribution is 2.42. The molecule has 5 heterocycles. The lowest BCUT2D eigenvalue weighted by Crippen LogP contribution is -2.62. The number of carbonyl (C=O) groups is 5. The van der Waals surface area contributed by atoms with Gasteiger partial charge in [0.1, 0.15) is 29.4 Å². The number of fused-ring (bicyclic) bond motifs is 6. The summed E-state index contributed by atoms with van der Waals surface area (Å²) in [5.41, 5.74) is 8.77. The lowest BCUT2D eigenvalue weighted by molar-refractivity contribution is -0.155. The normalized spacial score (nSPS) is 21.7. The van der Waals surface area contributed by atoms with Gasteiger partial charge in [0.05, 0.1) is 30.6 Å². The number of likely N-dealkylation sites (N-methyl/N-ethyl adjacent to an activating group) is 2. The second kappa shape index (κ2) is 19.2. The van der Waals surface area contributed by atoms with Gasteiger partial charge < -0.3 is 39.6 Å². The number of pyridine rings is 1. The van der Waals surface area contributed by atoms with Crippen molar-refractivity contribution in [2.45, 2.75) is 110 Å². The number of phenols is 1. The molecule has 6 bridgehead atoms. The highest BCUT2D eigenvalue weighted by molar-refractivity contribution is 5.97. The second-order valence-electron chi connectivity index (χ2n) is 19.6. The maximum Gasteiger partial charge on any atom is 0.324 e. The number of carbonyl (C=O) groups excluding carboxylic acids is 5. The average Bonchev–Trinajstić information content (AvgIpc) is 3.98. The maximum absolute atomic E-state index is 14.7. The van der Waals surface area contributed by atoms with Crippen LogP contribution in [-0.2, 0) is 52.8 Å². The topological polar surface area (TPSA) is 198 Å². The molecular weight excluding hydrogens is 841 g/mol. The lowest BCUT2D eigenvalue weighted by Gasteiger charge is -2.37. The molecular formula is C50H66N8O8. The minimum Gasteiger partial charge on any atom is -0.508 e. The van der Waals surface area contributed by atoms with Crippen LogP contribution in [0.15, 0.2) is 54.7 Å². The summed E-state index contributed by atoms with van der Waals surface area (Å²) < 4.78 is 14.2. The number of hydrogen-bond donors (Lipinski definition) is 4. The molecule has 4 aromatic rings. The van der Waals surface area contributed by atoms with Gasteiger partial charge in [-0.3, -0.25) is 34.0 Å². The van der Waals surface area contributed by atoms with E-state index in [0.717, 1.165) is 39.0 Å². The number of nitrogens with one attached hydrogen (secondary N) is 3. The van der Waals surface area contributed by atoms with Gasteiger partial charge in [-0.25, -0.2) is 5.43 Å². The molecule has 66 heavy (non-hydrogen) atoms. The Morgan fingerprint density at radius 1 is 1.06 bits per heavy atom. The molecule has 2 fully saturated rings. The number of rotatable bonds is 11. The molecule has 2 aromatic carbocycles. The summed E-state index contributed by atoms with van der Waals surface area (Å²) in [6.45, 7) is 14.9. The van der Waals surface area contributed by atoms with E-state index < -0.39 is 52.8 Å². The molecule has 0 saturated carbocycles. The summed E-state index contributed by atoms with van der Waals surface area (Å²) >= 11 is 0. The van der Waals surface area contributed by atoms with Crippen molar-refractivity contribution in [2.24, 2.45) is 11.3 Å². The van der Waals surface area contributed by atoms with Crippen LogP contribution < -0.4 is 16.1 Å². The molecule has 0 aliphatic carbocycles. The number of esters is 1. The van der Waals surface area contributed by atoms with E-state index in [9.17, 15) is 29.1 Å². The zero-order valence-corrected chi connectivity index (χ0v) is 40.0. The Balaban J connectivity index is 1.30. The van der Waals surface area contributed by atoms with Crippen molar-refractivity contribution in [1.29, 1.82) is 0 Å². The number of benzene rings is 2. The molecule has 16 heteroatoms. The number of aromatic nitrogens is 2. The number of phenolic OH excluding ortho intramolecular Hbond substituents is 1. The minimum absolute atomic E-state index is 0.0190. The highest BCUT2D eigenvalue weighted by atomic mass is 16.5. The third-order valence-corrected chi connectivity index (χ3v) is 13.3. The van der Waals surface area contributed by atoms with Crippen molar-refractivity contribution in [3.63, 3.8) is 0 Å². The Morgan fingerprint density at radius 2 is 1.80 bits per heavy atom. The van der Waals surface area contributed by atoms with Crippen LogP contribution in [0.5, 0.6) is 5.75 Å². The number of methoxy groups -OCH3 is 1. The van der Waals surface area contributed by atoms with Gasteiger partial charge in [-0.05, 0) is 105 Å². The summed E-state index contributed by atoms with van der Waals surface area (Å²) in [5.74, 6) is -2.60. The van der Waals surface area contributed by atoms with Gasteiger partial charge in [0.25, 0.3) is 5.91 Å². The van der Waals surface area contributed by atoms with Gasteiger partial charge in [0.2, 0.25) is 17.7 Å². The molecule has 1 unspecified atom stereocenters. The van der Waals surface area contributed by atoms with Crippen LogP contribution >= 0.6 is 0 Å². The van der Waals surface area contributed by atoms with E-state index in [0.29, 0.717) is 43.5 Å². The zero-order valence-electron chi connectivity index (χ0n) is 40.0. The molecule has 5 atom stereocenters. The van der Waals surface area contributed by atoms with Crippen molar-refractivity contribution < 1.29 is 38.6 Å². The van der Waals surface area contributed by atoms with Crippen LogP contribution in [-0.4, -0.2) is 130 Å². The number of nitrogens with zero attached hydrogens (tertiary/aromatic N) is 5. The quantitative estimate of drug-likeness (QED) is 0.120. The molecule has 0 radical (unpaired) electrons. The first-order chi connectivity index (χ1) is 31.2. The van der Waals surface area contributed by atoms with Crippen LogP contribution in [0.1, 0.15) is 84.2 Å². The standard InChI is InChI=1S/C50H66N8O8/c1-11-57-40-17-16-32-24-36(40)37(44(57)35-14-12-18-51-42(35)30(4)65-10)25-49(5,6)28-66-47(63)38-15-13-19-58(54-38)46(62)39(22-31-20-33(32)23-34(59)21-31)53-45(61)43(29(2)3)56(9)41(60)26-55(8)48(64)50(7)27-52-50/h12,14,16-18,20-21,23-24,29-30,38-39,43,52,54,59H,11,13,15,19,22,25-28H2,1-10H3,(H,53,61)/t30-,38-,39-,43?,50-/m0/s1. The van der Waals surface area contributed by atoms with E-state index in [1.807, 2.05) is 39.0 Å². The summed E-state index contributed by atoms with van der Waals surface area (Å²) in [5, 5.41) is 19.7. The van der Waals surface area contributed by atoms with E-state index in [2.05, 4.69) is 59.6 Å². The SMILES string of the molecule is CCn1c(-c2cccnc2[C@H](C)OC)c2c3cc(ccc31)-c1cc(O)cc(c1)C[C@H](NC(=O)C(C(C)C)N(C)C(=O)CN(C)C(=O)[C@]1(C)CN1)C(=O)N1CCC[C@H](N1)C(=O)OCC(C)(C)C2. The van der Waals surface area contributed by atoms with Crippen LogP contribution in [0.3, 0.4) is 0 Å². The molecule has 354 valence electrons. The average molecular weight is 907 g/mol. The molecule has 2 saturated heterocycles. The van der Waals surface area contributed by atoms with Crippen molar-refractivity contribution in [3.8, 4) is 28.1 Å². The first-order valence-electron chi connectivity index (χ1n) is 23.0. The van der Waals surface area contributed by atoms with Gasteiger partial charge in [0, 0.05) is 75.3 Å². The molecule has 16 nitrogen and oxygen atoms in total. The van der Waals surface area contributed by atoms with Crippen LogP contribution in [0.2, 0.25) is 0 Å². The Hall–Kier alpha value is -5.84. The number of ether oxygens (including phenoxy) is 2. The molecule has 3 aliphatic rings. The Kier molecular flexibility index (Phi) is 14.0. The number of cyclic esters (lactones) is 1. The number of aromatic hydroxyl groups is 1. The van der Waals surface area contributed by atoms with E-state index >= 15 is 0 Å². The van der Waals surface area contributed by atoms with Crippen LogP contribution in [0, 0.1) is 11.3 Å². The minimum atomic E-state index is -1.18. The number of hydrogen-bond acceptors (Lipinski definition) is 11. The fourth-order valence-corrected chi connectivity index (χ4v) is 9.50. The van der Waals surface area contributed by atoms with Crippen molar-refractivity contribution in [1.82, 2.24) is 40.4 Å². The van der Waals surface area contributed by atoms with Gasteiger partial charge in [-0.15, -0.1) is 0 Å². The molecule has 2 aromatic heterocycles. The Bertz CT molecular complexity index is 2510. The third kappa shape index (κ3) is 9.96. The van der Waals surface area contributed by atoms with Gasteiger partial charge >= 0.3 is 5.97 Å². The Labute approximate surface area is 387 Å². The molecule has 0 spiro atoms. The first-order valence-corrected chi connectivity index (χ1v) is 23.0. The van der Waals surface area contributed by atoms with Crippen LogP contribution in [0.25, 0.3) is 33.3 Å². The summed E-state index contributed by atoms with van der Waals surface area (Å²) in [6.07, 6.45) is 2.93. The second-order valence-corrected chi connectivity index (χ2v) is 19.6. The zero-order chi connectivity index (χ0) is 47.8.